The molecule has 0 radical (unpaired) electrons. The first kappa shape index (κ1) is 17.4. The van der Waals surface area contributed by atoms with Crippen LogP contribution in [-0.4, -0.2) is 18.0 Å². The number of nitrogens with zero attached hydrogens (tertiary/aromatic N) is 1. The quantitative estimate of drug-likeness (QED) is 0.432. The van der Waals surface area contributed by atoms with Crippen molar-refractivity contribution in [3.05, 3.63) is 72.0 Å². The number of carbonyl (C=O) groups is 1. The number of thiophene rings is 1. The van der Waals surface area contributed by atoms with Gasteiger partial charge in [0.1, 0.15) is 0 Å². The fraction of sp³-hybridized carbons (Fsp3) is 0.0526. The maximum absolute atomic E-state index is 12.5. The molecule has 0 fully saturated rings. The molecular formula is C19H14IN2O2S2-. The normalized spacial score (nSPS) is 11.0. The van der Waals surface area contributed by atoms with Crippen LogP contribution in [0.2, 0.25) is 0 Å². The Morgan fingerprint density at radius 2 is 2.00 bits per heavy atom. The van der Waals surface area contributed by atoms with Gasteiger partial charge in [0.05, 0.1) is 7.11 Å². The minimum atomic E-state index is -0.170. The number of amides is 1. The van der Waals surface area contributed by atoms with Gasteiger partial charge in [0.25, 0.3) is 0 Å². The molecule has 0 saturated heterocycles. The second kappa shape index (κ2) is 7.73. The van der Waals surface area contributed by atoms with E-state index in [0.29, 0.717) is 10.7 Å². The van der Waals surface area contributed by atoms with Crippen LogP contribution in [-0.2, 0) is 0 Å². The monoisotopic (exact) mass is 493 g/mol. The van der Waals surface area contributed by atoms with Gasteiger partial charge in [-0.1, -0.05) is 0 Å². The summed E-state index contributed by atoms with van der Waals surface area (Å²) in [5.41, 5.74) is 1.49. The van der Waals surface area contributed by atoms with Crippen molar-refractivity contribution in [1.82, 2.24) is 4.98 Å². The Labute approximate surface area is 169 Å². The van der Waals surface area contributed by atoms with Gasteiger partial charge in [0.15, 0.2) is 0 Å². The van der Waals surface area contributed by atoms with Crippen molar-refractivity contribution in [2.24, 2.45) is 0 Å². The average molecular weight is 493 g/mol. The van der Waals surface area contributed by atoms with Crippen LogP contribution in [0.4, 0.5) is 5.13 Å². The molecule has 0 aliphatic rings. The Morgan fingerprint density at radius 1 is 1.15 bits per heavy atom. The summed E-state index contributed by atoms with van der Waals surface area (Å²) in [5, 5.41) is 5.58. The number of carbonyl (C=O) groups excluding carboxylic acids is 1. The van der Waals surface area contributed by atoms with E-state index in [1.54, 1.807) is 18.4 Å². The summed E-state index contributed by atoms with van der Waals surface area (Å²) in [6.45, 7) is 0. The summed E-state index contributed by atoms with van der Waals surface area (Å²) in [6, 6.07) is 17.8. The Hall–Kier alpha value is -1.97. The third kappa shape index (κ3) is 3.89. The zero-order valence-corrected chi connectivity index (χ0v) is 17.5. The molecule has 132 valence electrons. The zero-order chi connectivity index (χ0) is 17.9. The van der Waals surface area contributed by atoms with Gasteiger partial charge in [0.2, 0.25) is 0 Å². The first-order chi connectivity index (χ1) is 12.7. The van der Waals surface area contributed by atoms with E-state index in [1.165, 1.54) is 17.8 Å². The van der Waals surface area contributed by atoms with Gasteiger partial charge in [-0.25, -0.2) is 0 Å². The predicted molar refractivity (Wildman–Crippen MR) is 102 cm³/mol. The van der Waals surface area contributed by atoms with Gasteiger partial charge in [-0.2, -0.15) is 0 Å². The molecule has 0 unspecified atom stereocenters. The molecule has 4 aromatic rings. The summed E-state index contributed by atoms with van der Waals surface area (Å²) in [6.07, 6.45) is 0. The van der Waals surface area contributed by atoms with E-state index in [4.69, 9.17) is 4.74 Å². The third-order valence-electron chi connectivity index (χ3n) is 3.61. The number of hydrogen-bond acceptors (Lipinski definition) is 5. The molecule has 1 amide bonds. The molecular weight excluding hydrogens is 479 g/mol. The standard InChI is InChI=1S/C19H14IN2O2S2/c1-24-14-8-9-15-16(11-14)26-19(21-15)22-18(23)12-4-6-13(7-5-12)20-17-3-2-10-25-17/h2-11H,1H3,(H,21,22,23)/q-1. The number of halogens is 1. The van der Waals surface area contributed by atoms with Crippen molar-refractivity contribution in [2.45, 2.75) is 0 Å². The van der Waals surface area contributed by atoms with Gasteiger partial charge in [-0.05, 0) is 0 Å². The molecule has 0 aliphatic carbocycles. The van der Waals surface area contributed by atoms with Crippen LogP contribution >= 0.6 is 22.7 Å². The molecule has 0 bridgehead atoms. The Kier molecular flexibility index (Phi) is 5.18. The summed E-state index contributed by atoms with van der Waals surface area (Å²) in [7, 11) is 1.63. The first-order valence-electron chi connectivity index (χ1n) is 7.75. The van der Waals surface area contributed by atoms with E-state index in [9.17, 15) is 4.79 Å². The Bertz CT molecular complexity index is 1040. The molecule has 0 spiro atoms. The number of thiazole rings is 1. The molecule has 0 saturated carbocycles. The summed E-state index contributed by atoms with van der Waals surface area (Å²) >= 11 is 3.06. The van der Waals surface area contributed by atoms with E-state index in [1.807, 2.05) is 42.5 Å². The topological polar surface area (TPSA) is 51.2 Å². The third-order valence-corrected chi connectivity index (χ3v) is 8.71. The van der Waals surface area contributed by atoms with Crippen molar-refractivity contribution in [1.29, 1.82) is 0 Å². The molecule has 2 heterocycles. The fourth-order valence-corrected chi connectivity index (χ4v) is 6.86. The number of anilines is 1. The summed E-state index contributed by atoms with van der Waals surface area (Å²) in [4.78, 5) is 16.9. The molecule has 4 nitrogen and oxygen atoms in total. The van der Waals surface area contributed by atoms with Crippen molar-refractivity contribution in [3.63, 3.8) is 0 Å². The SMILES string of the molecule is COc1ccc2nc(NC(=O)c3ccc([I-]c4cccs4)cc3)sc2c1. The van der Waals surface area contributed by atoms with Crippen LogP contribution in [0.25, 0.3) is 10.2 Å². The Morgan fingerprint density at radius 3 is 2.73 bits per heavy atom. The first-order valence-corrected chi connectivity index (χ1v) is 11.6. The average Bonchev–Trinajstić information content (AvgIpc) is 3.30. The summed E-state index contributed by atoms with van der Waals surface area (Å²) < 4.78 is 8.93. The number of aromatic nitrogens is 1. The van der Waals surface area contributed by atoms with Crippen molar-refractivity contribution in [3.8, 4) is 5.75 Å². The molecule has 4 rings (SSSR count). The van der Waals surface area contributed by atoms with Crippen molar-refractivity contribution < 1.29 is 30.7 Å². The molecule has 2 aromatic heterocycles. The fourth-order valence-electron chi connectivity index (χ4n) is 2.34. The van der Waals surface area contributed by atoms with E-state index in [0.717, 1.165) is 16.0 Å². The number of rotatable bonds is 5. The summed E-state index contributed by atoms with van der Waals surface area (Å²) in [5.74, 6) is 0.639. The van der Waals surface area contributed by atoms with Gasteiger partial charge >= 0.3 is 163 Å². The molecule has 0 atom stereocenters. The number of ether oxygens (including phenoxy) is 1. The molecule has 26 heavy (non-hydrogen) atoms. The molecule has 0 aliphatic heterocycles. The number of methoxy groups -OCH3 is 1. The van der Waals surface area contributed by atoms with E-state index >= 15 is 0 Å². The molecule has 1 N–H and O–H groups in total. The van der Waals surface area contributed by atoms with Crippen LogP contribution in [0.15, 0.2) is 60.0 Å². The van der Waals surface area contributed by atoms with Crippen LogP contribution in [0.1, 0.15) is 10.4 Å². The van der Waals surface area contributed by atoms with E-state index < -0.39 is 0 Å². The molecule has 2 aromatic carbocycles. The van der Waals surface area contributed by atoms with Gasteiger partial charge in [0, 0.05) is 0 Å². The van der Waals surface area contributed by atoms with Crippen molar-refractivity contribution >= 4 is 43.9 Å². The number of benzene rings is 2. The zero-order valence-electron chi connectivity index (χ0n) is 13.7. The van der Waals surface area contributed by atoms with Gasteiger partial charge < -0.3 is 0 Å². The minimum absolute atomic E-state index is 0.142. The number of hydrogen-bond donors (Lipinski definition) is 1. The second-order valence-corrected chi connectivity index (χ2v) is 11.0. The van der Waals surface area contributed by atoms with Crippen LogP contribution in [0.3, 0.4) is 0 Å². The van der Waals surface area contributed by atoms with Crippen LogP contribution < -0.4 is 31.3 Å². The van der Waals surface area contributed by atoms with Crippen LogP contribution in [0, 0.1) is 6.45 Å². The second-order valence-electron chi connectivity index (χ2n) is 5.33. The van der Waals surface area contributed by atoms with Gasteiger partial charge in [-0.3, -0.25) is 0 Å². The number of fused-ring (bicyclic) bond motifs is 1. The van der Waals surface area contributed by atoms with Crippen molar-refractivity contribution in [2.75, 3.05) is 12.4 Å². The van der Waals surface area contributed by atoms with E-state index in [-0.39, 0.29) is 27.1 Å². The van der Waals surface area contributed by atoms with Gasteiger partial charge in [-0.15, -0.1) is 0 Å². The van der Waals surface area contributed by atoms with E-state index in [2.05, 4.69) is 27.8 Å². The maximum atomic E-state index is 12.5. The van der Waals surface area contributed by atoms with Crippen LogP contribution in [0.5, 0.6) is 5.75 Å². The molecule has 7 heteroatoms. The predicted octanol–water partition coefficient (Wildman–Crippen LogP) is 1.75. The Balaban J connectivity index is 1.47. The number of nitrogens with one attached hydrogen (secondary N) is 1.